The third-order valence-electron chi connectivity index (χ3n) is 10.5. The molecular weight excluding hydrogens is 733 g/mol. The average molecular weight is 781 g/mol. The first-order chi connectivity index (χ1) is 35.6. The second-order valence-electron chi connectivity index (χ2n) is 14.1. The minimum Gasteiger partial charge on any atom is -0.456 e. The molecule has 0 aliphatic carbocycles. The molecule has 3 aromatic heterocycles. The van der Waals surface area contributed by atoms with Crippen molar-refractivity contribution in [3.8, 4) is 62.1 Å². The molecule has 0 saturated heterocycles. The predicted octanol–water partition coefficient (Wildman–Crippen LogP) is 14.4. The number of hydrogen-bond donors (Lipinski definition) is 0. The maximum Gasteiger partial charge on any atom is 0.164 e. The van der Waals surface area contributed by atoms with Crippen LogP contribution in [0.5, 0.6) is 0 Å². The van der Waals surface area contributed by atoms with Crippen molar-refractivity contribution in [1.82, 2.24) is 19.5 Å². The number of benzene rings is 9. The van der Waals surface area contributed by atoms with Gasteiger partial charge < -0.3 is 8.98 Å². The van der Waals surface area contributed by atoms with Gasteiger partial charge in [-0.3, -0.25) is 0 Å². The van der Waals surface area contributed by atoms with Gasteiger partial charge in [0.05, 0.1) is 30.2 Å². The first-order valence-corrected chi connectivity index (χ1v) is 19.0. The number of nitrogens with zero attached hydrogens (tertiary/aromatic N) is 4. The van der Waals surface area contributed by atoms with E-state index in [4.69, 9.17) is 30.3 Å². The molecule has 0 radical (unpaired) electrons. The van der Waals surface area contributed by atoms with Crippen molar-refractivity contribution in [2.24, 2.45) is 0 Å². The van der Waals surface area contributed by atoms with Gasteiger partial charge in [0.1, 0.15) is 11.2 Å². The molecular formula is C55H34N4O. The Morgan fingerprint density at radius 2 is 1.00 bits per heavy atom. The SMILES string of the molecule is [2H]c1c([2H])c(-n2c3c([2H])c([2H])c([2H])c([2H])c3c3c([2H])c4c([2H])c([2H])c([2H])c([2H])c4c([2H])c32)c([2H])c([2H])c1-c1cc(-c2ccc(-c3nc(-c4ccccc4)nc(-c4ccccc4)n3)cc2)c2c(c1)oc1ccccc12. The summed E-state index contributed by atoms with van der Waals surface area (Å²) >= 11 is 0. The number of fused-ring (bicyclic) bond motifs is 7. The van der Waals surface area contributed by atoms with E-state index >= 15 is 0 Å². The fraction of sp³-hybridized carbons (Fsp3) is 0. The van der Waals surface area contributed by atoms with Crippen molar-refractivity contribution < 1.29 is 23.6 Å². The van der Waals surface area contributed by atoms with E-state index < -0.39 is 90.3 Å². The molecule has 3 heterocycles. The van der Waals surface area contributed by atoms with Gasteiger partial charge in [-0.15, -0.1) is 0 Å². The molecule has 0 atom stereocenters. The highest BCUT2D eigenvalue weighted by molar-refractivity contribution is 6.15. The zero-order valence-corrected chi connectivity index (χ0v) is 31.2. The normalized spacial score (nSPS) is 14.9. The maximum absolute atomic E-state index is 9.64. The van der Waals surface area contributed by atoms with Crippen LogP contribution < -0.4 is 0 Å². The molecule has 0 amide bonds. The Bertz CT molecular complexity index is 4320. The van der Waals surface area contributed by atoms with Crippen molar-refractivity contribution in [1.29, 1.82) is 0 Å². The van der Waals surface area contributed by atoms with Crippen LogP contribution in [0.15, 0.2) is 210 Å². The van der Waals surface area contributed by atoms with Crippen LogP contribution >= 0.6 is 0 Å². The first kappa shape index (κ1) is 22.7. The van der Waals surface area contributed by atoms with Crippen LogP contribution in [-0.4, -0.2) is 19.5 Å². The third-order valence-corrected chi connectivity index (χ3v) is 10.5. The average Bonchev–Trinajstić information content (AvgIpc) is 3.99. The van der Waals surface area contributed by atoms with Crippen molar-refractivity contribution in [3.05, 3.63) is 206 Å². The van der Waals surface area contributed by atoms with E-state index in [9.17, 15) is 8.22 Å². The summed E-state index contributed by atoms with van der Waals surface area (Å²) in [4.78, 5) is 14.6. The molecule has 5 heteroatoms. The Kier molecular flexibility index (Phi) is 5.20. The smallest absolute Gasteiger partial charge is 0.164 e. The van der Waals surface area contributed by atoms with Gasteiger partial charge in [0.25, 0.3) is 0 Å². The molecule has 12 aromatic rings. The molecule has 0 fully saturated rings. The second-order valence-corrected chi connectivity index (χ2v) is 14.1. The summed E-state index contributed by atoms with van der Waals surface area (Å²) < 4.78 is 134. The molecule has 12 rings (SSSR count). The van der Waals surface area contributed by atoms with Crippen LogP contribution in [0.4, 0.5) is 0 Å². The maximum atomic E-state index is 9.64. The van der Waals surface area contributed by atoms with Gasteiger partial charge >= 0.3 is 0 Å². The van der Waals surface area contributed by atoms with Gasteiger partial charge in [0.2, 0.25) is 0 Å². The van der Waals surface area contributed by atoms with Gasteiger partial charge in [-0.25, -0.2) is 15.0 Å². The minimum absolute atomic E-state index is 0.134. The highest BCUT2D eigenvalue weighted by Gasteiger charge is 2.18. The van der Waals surface area contributed by atoms with Gasteiger partial charge in [-0.2, -0.15) is 0 Å². The highest BCUT2D eigenvalue weighted by Crippen LogP contribution is 2.41. The molecule has 60 heavy (non-hydrogen) atoms. The molecule has 0 bridgehead atoms. The molecule has 0 aliphatic heterocycles. The summed E-state index contributed by atoms with van der Waals surface area (Å²) in [5.74, 6) is 1.43. The lowest BCUT2D eigenvalue weighted by Gasteiger charge is -2.12. The van der Waals surface area contributed by atoms with E-state index in [1.165, 1.54) is 0 Å². The molecule has 0 N–H and O–H groups in total. The summed E-state index contributed by atoms with van der Waals surface area (Å²) in [6.07, 6.45) is 0. The number of para-hydroxylation sites is 2. The number of hydrogen-bond acceptors (Lipinski definition) is 4. The molecule has 0 spiro atoms. The lowest BCUT2D eigenvalue weighted by molar-refractivity contribution is 0.669. The Balaban J connectivity index is 1.08. The summed E-state index contributed by atoms with van der Waals surface area (Å²) in [7, 11) is 0. The quantitative estimate of drug-likeness (QED) is 0.169. The standard InChI is InChI=1S/C55H34N4O/c1-3-13-37(14-4-1)53-56-54(38-15-5-2-6-16-38)58-55(57-53)39-25-23-36(24-26-39)46-32-42(34-51-52(46)45-20-10-12-22-50(45)60-51)35-27-29-43(30-28-35)59-48-21-11-9-19-44(48)47-31-40-17-7-8-18-41(40)33-49(47)59/h1-34H/i7D,8D,9D,11D,17D,18D,19D,21D,27D,28D,29D,30D,31D,33D. The van der Waals surface area contributed by atoms with Gasteiger partial charge in [-0.1, -0.05) is 158 Å². The molecule has 0 saturated carbocycles. The fourth-order valence-electron chi connectivity index (χ4n) is 7.73. The second kappa shape index (κ2) is 13.8. The zero-order valence-electron chi connectivity index (χ0n) is 45.2. The lowest BCUT2D eigenvalue weighted by Crippen LogP contribution is -2.00. The van der Waals surface area contributed by atoms with Crippen LogP contribution in [0.25, 0.3) is 117 Å². The van der Waals surface area contributed by atoms with E-state index in [1.54, 1.807) is 12.1 Å². The Labute approximate surface area is 365 Å². The van der Waals surface area contributed by atoms with Gasteiger partial charge in [0, 0.05) is 43.9 Å². The van der Waals surface area contributed by atoms with E-state index in [1.807, 2.05) is 109 Å². The van der Waals surface area contributed by atoms with Crippen LogP contribution in [0.3, 0.4) is 0 Å². The van der Waals surface area contributed by atoms with E-state index in [0.29, 0.717) is 45.3 Å². The Morgan fingerprint density at radius 3 is 1.70 bits per heavy atom. The van der Waals surface area contributed by atoms with Crippen LogP contribution in [0, 0.1) is 0 Å². The topological polar surface area (TPSA) is 56.7 Å². The largest absolute Gasteiger partial charge is 0.456 e. The summed E-state index contributed by atoms with van der Waals surface area (Å²) in [5, 5.41) is 0.178. The number of furan rings is 1. The molecule has 0 aliphatic rings. The minimum atomic E-state index is -0.716. The van der Waals surface area contributed by atoms with Crippen molar-refractivity contribution in [2.45, 2.75) is 0 Å². The van der Waals surface area contributed by atoms with Crippen molar-refractivity contribution >= 4 is 54.5 Å². The van der Waals surface area contributed by atoms with Gasteiger partial charge in [0.15, 0.2) is 17.5 Å². The van der Waals surface area contributed by atoms with E-state index in [-0.39, 0.29) is 43.7 Å². The van der Waals surface area contributed by atoms with E-state index in [0.717, 1.165) is 26.5 Å². The summed E-state index contributed by atoms with van der Waals surface area (Å²) in [5.41, 5.74) is 3.50. The van der Waals surface area contributed by atoms with Gasteiger partial charge in [-0.05, 0) is 81.4 Å². The monoisotopic (exact) mass is 780 g/mol. The van der Waals surface area contributed by atoms with Crippen molar-refractivity contribution in [3.63, 3.8) is 0 Å². The molecule has 9 aromatic carbocycles. The molecule has 280 valence electrons. The number of rotatable bonds is 6. The summed E-state index contributed by atoms with van der Waals surface area (Å²) in [6, 6.07) is 28.7. The van der Waals surface area contributed by atoms with Crippen LogP contribution in [-0.2, 0) is 0 Å². The Morgan fingerprint density at radius 1 is 0.417 bits per heavy atom. The lowest BCUT2D eigenvalue weighted by atomic mass is 9.94. The zero-order chi connectivity index (χ0) is 51.8. The van der Waals surface area contributed by atoms with E-state index in [2.05, 4.69) is 0 Å². The molecule has 5 nitrogen and oxygen atoms in total. The predicted molar refractivity (Wildman–Crippen MR) is 246 cm³/mol. The van der Waals surface area contributed by atoms with Crippen LogP contribution in [0.1, 0.15) is 19.2 Å². The first-order valence-electron chi connectivity index (χ1n) is 26.0. The highest BCUT2D eigenvalue weighted by atomic mass is 16.3. The van der Waals surface area contributed by atoms with Crippen molar-refractivity contribution in [2.75, 3.05) is 0 Å². The number of aromatic nitrogens is 4. The summed E-state index contributed by atoms with van der Waals surface area (Å²) in [6.45, 7) is 0. The molecule has 0 unspecified atom stereocenters. The van der Waals surface area contributed by atoms with Crippen LogP contribution in [0.2, 0.25) is 0 Å². The Hall–Kier alpha value is -8.15. The third kappa shape index (κ3) is 5.67. The fourth-order valence-corrected chi connectivity index (χ4v) is 7.73.